The molecular weight excluding hydrogens is 444 g/mol. The van der Waals surface area contributed by atoms with Gasteiger partial charge in [0.1, 0.15) is 12.6 Å². The first-order valence-electron chi connectivity index (χ1n) is 12.6. The Balaban J connectivity index is 1.24. The molecule has 184 valence electrons. The lowest BCUT2D eigenvalue weighted by molar-refractivity contribution is -0.138. The average molecular weight is 477 g/mol. The molecule has 1 saturated heterocycles. The molecule has 1 aliphatic heterocycles. The van der Waals surface area contributed by atoms with E-state index in [1.165, 1.54) is 12.8 Å². The standard InChI is InChI=1S/C28H32N2O5/c31-25(32)12-11-24(26(33)30-16-15-28(18-30)13-5-6-14-28)29-27(34)35-17-23-21-9-3-1-7-19(21)20-8-2-4-10-22(20)23/h1-4,7-10,23-24H,5-6,11-18H2,(H,29,34)(H,31,32). The van der Waals surface area contributed by atoms with Gasteiger partial charge in [-0.15, -0.1) is 0 Å². The Morgan fingerprint density at radius 3 is 2.26 bits per heavy atom. The second-order valence-corrected chi connectivity index (χ2v) is 10.2. The topological polar surface area (TPSA) is 95.9 Å². The van der Waals surface area contributed by atoms with Gasteiger partial charge in [0.15, 0.2) is 0 Å². The summed E-state index contributed by atoms with van der Waals surface area (Å²) in [5, 5.41) is 11.9. The van der Waals surface area contributed by atoms with Crippen LogP contribution in [-0.2, 0) is 14.3 Å². The van der Waals surface area contributed by atoms with Crippen molar-refractivity contribution < 1.29 is 24.2 Å². The van der Waals surface area contributed by atoms with Crippen molar-refractivity contribution in [3.63, 3.8) is 0 Å². The van der Waals surface area contributed by atoms with Crippen LogP contribution in [0, 0.1) is 5.41 Å². The third-order valence-electron chi connectivity index (χ3n) is 7.99. The molecule has 3 aliphatic rings. The summed E-state index contributed by atoms with van der Waals surface area (Å²) < 4.78 is 5.61. The van der Waals surface area contributed by atoms with E-state index in [4.69, 9.17) is 4.74 Å². The van der Waals surface area contributed by atoms with Crippen molar-refractivity contribution in [2.75, 3.05) is 19.7 Å². The van der Waals surface area contributed by atoms with Gasteiger partial charge >= 0.3 is 12.1 Å². The molecule has 2 aromatic rings. The van der Waals surface area contributed by atoms with Crippen LogP contribution in [0.15, 0.2) is 48.5 Å². The number of benzene rings is 2. The fourth-order valence-corrected chi connectivity index (χ4v) is 6.18. The van der Waals surface area contributed by atoms with Gasteiger partial charge in [0.25, 0.3) is 0 Å². The molecule has 2 fully saturated rings. The van der Waals surface area contributed by atoms with Crippen LogP contribution in [0.3, 0.4) is 0 Å². The molecule has 7 heteroatoms. The Hall–Kier alpha value is -3.35. The maximum Gasteiger partial charge on any atom is 0.407 e. The van der Waals surface area contributed by atoms with Gasteiger partial charge in [0.2, 0.25) is 5.91 Å². The van der Waals surface area contributed by atoms with Crippen LogP contribution in [0.4, 0.5) is 4.79 Å². The maximum atomic E-state index is 13.3. The highest BCUT2D eigenvalue weighted by Gasteiger charge is 2.43. The highest BCUT2D eigenvalue weighted by atomic mass is 16.5. The zero-order valence-electron chi connectivity index (χ0n) is 19.9. The van der Waals surface area contributed by atoms with Crippen molar-refractivity contribution >= 4 is 18.0 Å². The fraction of sp³-hybridized carbons (Fsp3) is 0.464. The molecule has 2 aliphatic carbocycles. The van der Waals surface area contributed by atoms with Crippen LogP contribution in [0.25, 0.3) is 11.1 Å². The largest absolute Gasteiger partial charge is 0.481 e. The van der Waals surface area contributed by atoms with Crippen molar-refractivity contribution in [1.82, 2.24) is 10.2 Å². The summed E-state index contributed by atoms with van der Waals surface area (Å²) in [7, 11) is 0. The van der Waals surface area contributed by atoms with E-state index in [-0.39, 0.29) is 36.7 Å². The van der Waals surface area contributed by atoms with E-state index in [0.717, 1.165) is 41.5 Å². The van der Waals surface area contributed by atoms with Gasteiger partial charge in [-0.25, -0.2) is 4.79 Å². The number of nitrogens with one attached hydrogen (secondary N) is 1. The zero-order chi connectivity index (χ0) is 24.4. The molecule has 0 bridgehead atoms. The first-order valence-corrected chi connectivity index (χ1v) is 12.6. The van der Waals surface area contributed by atoms with Crippen molar-refractivity contribution in [2.24, 2.45) is 5.41 Å². The summed E-state index contributed by atoms with van der Waals surface area (Å²) >= 11 is 0. The van der Waals surface area contributed by atoms with Crippen molar-refractivity contribution in [2.45, 2.75) is 56.9 Å². The molecule has 1 atom stereocenters. The van der Waals surface area contributed by atoms with E-state index in [2.05, 4.69) is 17.4 Å². The summed E-state index contributed by atoms with van der Waals surface area (Å²) in [6, 6.07) is 15.3. The highest BCUT2D eigenvalue weighted by Crippen LogP contribution is 2.46. The Morgan fingerprint density at radius 2 is 1.63 bits per heavy atom. The number of amides is 2. The van der Waals surface area contributed by atoms with Crippen LogP contribution in [0.1, 0.15) is 62.0 Å². The van der Waals surface area contributed by atoms with E-state index < -0.39 is 18.1 Å². The number of fused-ring (bicyclic) bond motifs is 3. The molecule has 1 unspecified atom stereocenters. The molecule has 1 spiro atoms. The first kappa shape index (κ1) is 23.4. The number of carboxylic acid groups (broad SMARTS) is 1. The van der Waals surface area contributed by atoms with Gasteiger partial charge in [0.05, 0.1) is 0 Å². The molecule has 0 aromatic heterocycles. The molecular formula is C28H32N2O5. The number of likely N-dealkylation sites (tertiary alicyclic amines) is 1. The number of rotatable bonds is 7. The predicted octanol–water partition coefficient (Wildman–Crippen LogP) is 4.55. The molecule has 1 heterocycles. The quantitative estimate of drug-likeness (QED) is 0.611. The normalized spacial score (nSPS) is 18.8. The van der Waals surface area contributed by atoms with Gasteiger partial charge in [-0.1, -0.05) is 61.4 Å². The summed E-state index contributed by atoms with van der Waals surface area (Å²) in [6.07, 6.45) is 4.80. The van der Waals surface area contributed by atoms with Crippen LogP contribution in [-0.4, -0.2) is 53.7 Å². The number of hydrogen-bond acceptors (Lipinski definition) is 4. The number of carboxylic acids is 1. The molecule has 2 amide bonds. The number of alkyl carbamates (subject to hydrolysis) is 1. The average Bonchev–Trinajstić information content (AvgIpc) is 3.58. The second kappa shape index (κ2) is 9.72. The van der Waals surface area contributed by atoms with E-state index in [1.807, 2.05) is 41.3 Å². The minimum atomic E-state index is -0.995. The second-order valence-electron chi connectivity index (χ2n) is 10.2. The summed E-state index contributed by atoms with van der Waals surface area (Å²) in [5.41, 5.74) is 4.71. The van der Waals surface area contributed by atoms with Crippen LogP contribution in [0.2, 0.25) is 0 Å². The Kier molecular flexibility index (Phi) is 6.50. The minimum Gasteiger partial charge on any atom is -0.481 e. The predicted molar refractivity (Wildman–Crippen MR) is 131 cm³/mol. The number of nitrogens with zero attached hydrogens (tertiary/aromatic N) is 1. The Bertz CT molecular complexity index is 1080. The lowest BCUT2D eigenvalue weighted by Crippen LogP contribution is -2.48. The van der Waals surface area contributed by atoms with Crippen molar-refractivity contribution in [1.29, 1.82) is 0 Å². The van der Waals surface area contributed by atoms with E-state index in [0.29, 0.717) is 13.1 Å². The molecule has 7 nitrogen and oxygen atoms in total. The van der Waals surface area contributed by atoms with Crippen LogP contribution in [0.5, 0.6) is 0 Å². The van der Waals surface area contributed by atoms with Crippen LogP contribution >= 0.6 is 0 Å². The molecule has 1 saturated carbocycles. The minimum absolute atomic E-state index is 0.0435. The van der Waals surface area contributed by atoms with Crippen LogP contribution < -0.4 is 5.32 Å². The summed E-state index contributed by atoms with van der Waals surface area (Å²) in [4.78, 5) is 39.1. The third-order valence-corrected chi connectivity index (χ3v) is 7.99. The smallest absolute Gasteiger partial charge is 0.407 e. The molecule has 5 rings (SSSR count). The number of carbonyl (C=O) groups is 3. The number of ether oxygens (including phenoxy) is 1. The van der Waals surface area contributed by atoms with Gasteiger partial charge < -0.3 is 20.1 Å². The van der Waals surface area contributed by atoms with Gasteiger partial charge in [-0.2, -0.15) is 0 Å². The number of aliphatic carboxylic acids is 1. The molecule has 35 heavy (non-hydrogen) atoms. The number of carbonyl (C=O) groups excluding carboxylic acids is 2. The van der Waals surface area contributed by atoms with Gasteiger partial charge in [-0.05, 0) is 53.4 Å². The lowest BCUT2D eigenvalue weighted by Gasteiger charge is -2.27. The first-order chi connectivity index (χ1) is 17.0. The molecule has 2 N–H and O–H groups in total. The third kappa shape index (κ3) is 4.77. The maximum absolute atomic E-state index is 13.3. The lowest BCUT2D eigenvalue weighted by atomic mass is 9.86. The Labute approximate surface area is 205 Å². The molecule has 0 radical (unpaired) electrons. The molecule has 2 aromatic carbocycles. The van der Waals surface area contributed by atoms with E-state index in [1.54, 1.807) is 0 Å². The highest BCUT2D eigenvalue weighted by molar-refractivity contribution is 5.86. The summed E-state index contributed by atoms with van der Waals surface area (Å²) in [5.74, 6) is -1.28. The van der Waals surface area contributed by atoms with Crippen molar-refractivity contribution in [3.05, 3.63) is 59.7 Å². The zero-order valence-corrected chi connectivity index (χ0v) is 19.9. The van der Waals surface area contributed by atoms with Crippen molar-refractivity contribution in [3.8, 4) is 11.1 Å². The van der Waals surface area contributed by atoms with E-state index in [9.17, 15) is 19.5 Å². The monoisotopic (exact) mass is 476 g/mol. The Morgan fingerprint density at radius 1 is 1.00 bits per heavy atom. The van der Waals surface area contributed by atoms with Gasteiger partial charge in [0, 0.05) is 25.4 Å². The summed E-state index contributed by atoms with van der Waals surface area (Å²) in [6.45, 7) is 1.50. The SMILES string of the molecule is O=C(O)CCC(NC(=O)OCC1c2ccccc2-c2ccccc21)C(=O)N1CCC2(CCCC2)C1. The number of hydrogen-bond donors (Lipinski definition) is 2. The van der Waals surface area contributed by atoms with Gasteiger partial charge in [-0.3, -0.25) is 9.59 Å². The fourth-order valence-electron chi connectivity index (χ4n) is 6.18. The van der Waals surface area contributed by atoms with E-state index >= 15 is 0 Å².